The molecule has 0 bridgehead atoms. The molecule has 1 fully saturated rings. The van der Waals surface area contributed by atoms with Crippen LogP contribution in [0.3, 0.4) is 0 Å². The van der Waals surface area contributed by atoms with E-state index in [2.05, 4.69) is 16.9 Å². The van der Waals surface area contributed by atoms with Gasteiger partial charge < -0.3 is 15.4 Å². The van der Waals surface area contributed by atoms with E-state index < -0.39 is 0 Å². The summed E-state index contributed by atoms with van der Waals surface area (Å²) in [5.41, 5.74) is 7.22. The third-order valence-corrected chi connectivity index (χ3v) is 2.97. The van der Waals surface area contributed by atoms with E-state index in [0.29, 0.717) is 18.2 Å². The highest BCUT2D eigenvalue weighted by Gasteiger charge is 2.25. The first-order valence-corrected chi connectivity index (χ1v) is 5.73. The van der Waals surface area contributed by atoms with E-state index in [-0.39, 0.29) is 0 Å². The summed E-state index contributed by atoms with van der Waals surface area (Å²) in [6.07, 6.45) is 2.66. The topological polar surface area (TPSA) is 51.4 Å². The summed E-state index contributed by atoms with van der Waals surface area (Å²) in [5, 5.41) is 0. The molecular weight excluding hydrogens is 202 g/mol. The van der Waals surface area contributed by atoms with Crippen LogP contribution in [0.15, 0.2) is 12.1 Å². The molecule has 0 unspecified atom stereocenters. The van der Waals surface area contributed by atoms with E-state index in [1.165, 1.54) is 12.8 Å². The van der Waals surface area contributed by atoms with Crippen LogP contribution in [-0.4, -0.2) is 36.1 Å². The molecule has 4 heteroatoms. The molecule has 88 valence electrons. The van der Waals surface area contributed by atoms with Gasteiger partial charge in [-0.25, -0.2) is 4.98 Å². The first-order valence-electron chi connectivity index (χ1n) is 5.73. The maximum atomic E-state index is 5.69. The van der Waals surface area contributed by atoms with Gasteiger partial charge in [-0.1, -0.05) is 0 Å². The summed E-state index contributed by atoms with van der Waals surface area (Å²) in [6, 6.07) is 4.44. The molecule has 0 spiro atoms. The van der Waals surface area contributed by atoms with Crippen molar-refractivity contribution in [2.45, 2.75) is 25.8 Å². The van der Waals surface area contributed by atoms with E-state index >= 15 is 0 Å². The molecular formula is C12H19N3O. The molecule has 1 aromatic heterocycles. The Morgan fingerprint density at radius 2 is 2.25 bits per heavy atom. The first kappa shape index (κ1) is 11.2. The number of hydrogen-bond acceptors (Lipinski definition) is 4. The molecule has 1 aliphatic carbocycles. The zero-order valence-electron chi connectivity index (χ0n) is 9.94. The second-order valence-corrected chi connectivity index (χ2v) is 4.38. The molecule has 0 aromatic carbocycles. The van der Waals surface area contributed by atoms with Gasteiger partial charge in [0.25, 0.3) is 0 Å². The Morgan fingerprint density at radius 3 is 2.88 bits per heavy atom. The van der Waals surface area contributed by atoms with E-state index in [1.807, 2.05) is 19.1 Å². The fourth-order valence-electron chi connectivity index (χ4n) is 1.62. The van der Waals surface area contributed by atoms with Crippen molar-refractivity contribution < 1.29 is 4.74 Å². The normalized spacial score (nSPS) is 15.4. The Labute approximate surface area is 96.4 Å². The number of aromatic nitrogens is 1. The number of aryl methyl sites for hydroxylation is 1. The van der Waals surface area contributed by atoms with E-state index in [1.54, 1.807) is 0 Å². The number of likely N-dealkylation sites (N-methyl/N-ethyl adjacent to an activating group) is 1. The van der Waals surface area contributed by atoms with Gasteiger partial charge in [-0.05, 0) is 32.9 Å². The van der Waals surface area contributed by atoms with E-state index in [4.69, 9.17) is 10.5 Å². The molecule has 0 aliphatic heterocycles. The van der Waals surface area contributed by atoms with Gasteiger partial charge in [0.1, 0.15) is 6.61 Å². The highest BCUT2D eigenvalue weighted by Crippen LogP contribution is 2.24. The van der Waals surface area contributed by atoms with Crippen LogP contribution in [0.1, 0.15) is 18.5 Å². The van der Waals surface area contributed by atoms with Crippen LogP contribution in [0.25, 0.3) is 0 Å². The van der Waals surface area contributed by atoms with Crippen molar-refractivity contribution in [1.82, 2.24) is 9.88 Å². The fraction of sp³-hybridized carbons (Fsp3) is 0.583. The molecule has 2 rings (SSSR count). The lowest BCUT2D eigenvalue weighted by molar-refractivity contribution is 0.226. The predicted molar refractivity (Wildman–Crippen MR) is 64.5 cm³/mol. The minimum atomic E-state index is 0.663. The average molecular weight is 221 g/mol. The summed E-state index contributed by atoms with van der Waals surface area (Å²) < 4.78 is 5.58. The monoisotopic (exact) mass is 221 g/mol. The van der Waals surface area contributed by atoms with Crippen molar-refractivity contribution in [1.29, 1.82) is 0 Å². The quantitative estimate of drug-likeness (QED) is 0.817. The predicted octanol–water partition coefficient (Wildman–Crippen LogP) is 1.45. The molecule has 1 aromatic rings. The van der Waals surface area contributed by atoms with Crippen molar-refractivity contribution >= 4 is 5.69 Å². The van der Waals surface area contributed by atoms with Crippen molar-refractivity contribution in [2.75, 3.05) is 25.9 Å². The molecule has 2 N–H and O–H groups in total. The highest BCUT2D eigenvalue weighted by molar-refractivity contribution is 5.43. The van der Waals surface area contributed by atoms with Gasteiger partial charge in [0.15, 0.2) is 0 Å². The van der Waals surface area contributed by atoms with Crippen LogP contribution >= 0.6 is 0 Å². The number of nitrogen functional groups attached to an aromatic ring is 1. The van der Waals surface area contributed by atoms with Crippen LogP contribution < -0.4 is 10.5 Å². The van der Waals surface area contributed by atoms with Gasteiger partial charge in [0, 0.05) is 18.7 Å². The van der Waals surface area contributed by atoms with Crippen LogP contribution in [0, 0.1) is 6.92 Å². The minimum Gasteiger partial charge on any atom is -0.476 e. The third kappa shape index (κ3) is 2.85. The van der Waals surface area contributed by atoms with E-state index in [9.17, 15) is 0 Å². The lowest BCUT2D eigenvalue weighted by Crippen LogP contribution is -2.26. The zero-order valence-corrected chi connectivity index (χ0v) is 9.94. The van der Waals surface area contributed by atoms with Gasteiger partial charge >= 0.3 is 0 Å². The zero-order chi connectivity index (χ0) is 11.5. The molecule has 1 aliphatic rings. The number of nitrogens with two attached hydrogens (primary N) is 1. The largest absolute Gasteiger partial charge is 0.476 e. The van der Waals surface area contributed by atoms with Crippen molar-refractivity contribution in [2.24, 2.45) is 0 Å². The van der Waals surface area contributed by atoms with Crippen molar-refractivity contribution in [3.05, 3.63) is 17.8 Å². The summed E-state index contributed by atoms with van der Waals surface area (Å²) in [6.45, 7) is 3.53. The number of hydrogen-bond donors (Lipinski definition) is 1. The SMILES string of the molecule is Cc1nc(OCCN(C)C2CC2)ccc1N. The molecule has 0 atom stereocenters. The smallest absolute Gasteiger partial charge is 0.213 e. The first-order chi connectivity index (χ1) is 7.66. The summed E-state index contributed by atoms with van der Waals surface area (Å²) >= 11 is 0. The molecule has 0 amide bonds. The standard InChI is InChI=1S/C12H19N3O/c1-9-11(13)5-6-12(14-9)16-8-7-15(2)10-3-4-10/h5-6,10H,3-4,7-8,13H2,1-2H3. The maximum Gasteiger partial charge on any atom is 0.213 e. The Bertz CT molecular complexity index is 363. The molecule has 4 nitrogen and oxygen atoms in total. The van der Waals surface area contributed by atoms with Crippen LogP contribution in [0.2, 0.25) is 0 Å². The van der Waals surface area contributed by atoms with E-state index in [0.717, 1.165) is 18.3 Å². The van der Waals surface area contributed by atoms with Gasteiger partial charge in [-0.15, -0.1) is 0 Å². The lowest BCUT2D eigenvalue weighted by Gasteiger charge is -2.15. The van der Waals surface area contributed by atoms with Crippen molar-refractivity contribution in [3.63, 3.8) is 0 Å². The second kappa shape index (κ2) is 4.70. The second-order valence-electron chi connectivity index (χ2n) is 4.38. The molecule has 1 saturated carbocycles. The maximum absolute atomic E-state index is 5.69. The molecule has 0 saturated heterocycles. The van der Waals surface area contributed by atoms with Gasteiger partial charge in [0.2, 0.25) is 5.88 Å². The number of pyridine rings is 1. The molecule has 1 heterocycles. The fourth-order valence-corrected chi connectivity index (χ4v) is 1.62. The summed E-state index contributed by atoms with van der Waals surface area (Å²) in [7, 11) is 2.14. The van der Waals surface area contributed by atoms with Gasteiger partial charge in [0.05, 0.1) is 11.4 Å². The van der Waals surface area contributed by atoms with Crippen molar-refractivity contribution in [3.8, 4) is 5.88 Å². The Balaban J connectivity index is 1.78. The average Bonchev–Trinajstić information content (AvgIpc) is 3.07. The molecule has 0 radical (unpaired) electrons. The van der Waals surface area contributed by atoms with Crippen LogP contribution in [0.4, 0.5) is 5.69 Å². The summed E-state index contributed by atoms with van der Waals surface area (Å²) in [5.74, 6) is 0.663. The third-order valence-electron chi connectivity index (χ3n) is 2.97. The Morgan fingerprint density at radius 1 is 1.50 bits per heavy atom. The number of ether oxygens (including phenoxy) is 1. The number of rotatable bonds is 5. The Hall–Kier alpha value is -1.29. The molecule has 16 heavy (non-hydrogen) atoms. The highest BCUT2D eigenvalue weighted by atomic mass is 16.5. The number of anilines is 1. The minimum absolute atomic E-state index is 0.663. The lowest BCUT2D eigenvalue weighted by atomic mass is 10.3. The van der Waals surface area contributed by atoms with Crippen LogP contribution in [0.5, 0.6) is 5.88 Å². The Kier molecular flexibility index (Phi) is 3.29. The van der Waals surface area contributed by atoms with Crippen LogP contribution in [-0.2, 0) is 0 Å². The van der Waals surface area contributed by atoms with Gasteiger partial charge in [-0.2, -0.15) is 0 Å². The number of nitrogens with zero attached hydrogens (tertiary/aromatic N) is 2. The van der Waals surface area contributed by atoms with Gasteiger partial charge in [-0.3, -0.25) is 0 Å². The summed E-state index contributed by atoms with van der Waals surface area (Å²) in [4.78, 5) is 6.60.